The van der Waals surface area contributed by atoms with Gasteiger partial charge in [-0.25, -0.2) is 18.4 Å². The predicted molar refractivity (Wildman–Crippen MR) is 118 cm³/mol. The van der Waals surface area contributed by atoms with Gasteiger partial charge in [-0.2, -0.15) is 0 Å². The summed E-state index contributed by atoms with van der Waals surface area (Å²) in [6.45, 7) is 5.60. The Morgan fingerprint density at radius 1 is 1.00 bits per heavy atom. The van der Waals surface area contributed by atoms with Crippen molar-refractivity contribution in [2.45, 2.75) is 43.4 Å². The molecule has 0 bridgehead atoms. The molecule has 6 nitrogen and oxygen atoms in total. The molecule has 0 radical (unpaired) electrons. The van der Waals surface area contributed by atoms with Gasteiger partial charge in [0.05, 0.1) is 15.4 Å². The van der Waals surface area contributed by atoms with E-state index in [9.17, 15) is 13.2 Å². The first kappa shape index (κ1) is 20.9. The molecule has 7 heteroatoms. The summed E-state index contributed by atoms with van der Waals surface area (Å²) in [7, 11) is -3.61. The summed E-state index contributed by atoms with van der Waals surface area (Å²) >= 11 is 0. The van der Waals surface area contributed by atoms with Crippen LogP contribution in [0.1, 0.15) is 39.0 Å². The summed E-state index contributed by atoms with van der Waals surface area (Å²) < 4.78 is 28.0. The number of imidazole rings is 1. The molecule has 2 aromatic carbocycles. The van der Waals surface area contributed by atoms with Crippen molar-refractivity contribution >= 4 is 21.4 Å². The third kappa shape index (κ3) is 4.14. The fourth-order valence-electron chi connectivity index (χ4n) is 3.91. The number of benzene rings is 2. The largest absolute Gasteiger partial charge is 0.294 e. The van der Waals surface area contributed by atoms with Crippen molar-refractivity contribution in [3.63, 3.8) is 0 Å². The van der Waals surface area contributed by atoms with E-state index in [1.54, 1.807) is 47.3 Å². The molecule has 0 N–H and O–H groups in total. The number of fused-ring (bicyclic) bond motifs is 1. The van der Waals surface area contributed by atoms with E-state index in [0.29, 0.717) is 29.1 Å². The number of carbonyl (C=O) groups is 1. The lowest BCUT2D eigenvalue weighted by molar-refractivity contribution is 0.0982. The zero-order chi connectivity index (χ0) is 22.2. The van der Waals surface area contributed by atoms with Crippen LogP contribution < -0.4 is 0 Å². The van der Waals surface area contributed by atoms with Crippen LogP contribution >= 0.6 is 0 Å². The normalized spacial score (nSPS) is 11.7. The average Bonchev–Trinajstić information content (AvgIpc) is 3.19. The van der Waals surface area contributed by atoms with E-state index < -0.39 is 9.84 Å². The summed E-state index contributed by atoms with van der Waals surface area (Å²) in [5.41, 5.74) is 3.96. The van der Waals surface area contributed by atoms with E-state index in [-0.39, 0.29) is 10.7 Å². The number of hydrogen-bond donors (Lipinski definition) is 0. The molecule has 0 fully saturated rings. The number of rotatable bonds is 6. The molecule has 0 aliphatic rings. The first-order chi connectivity index (χ1) is 14.8. The third-order valence-electron chi connectivity index (χ3n) is 5.32. The second-order valence-corrected chi connectivity index (χ2v) is 9.66. The second-order valence-electron chi connectivity index (χ2n) is 7.78. The van der Waals surface area contributed by atoms with E-state index in [2.05, 4.69) is 9.97 Å². The van der Waals surface area contributed by atoms with Gasteiger partial charge in [0.2, 0.25) is 15.6 Å². The Bertz CT molecular complexity index is 1360. The van der Waals surface area contributed by atoms with Crippen molar-refractivity contribution in [2.24, 2.45) is 0 Å². The fourth-order valence-corrected chi connectivity index (χ4v) is 5.60. The fraction of sp³-hybridized carbons (Fsp3) is 0.208. The van der Waals surface area contributed by atoms with Gasteiger partial charge in [0.25, 0.3) is 0 Å². The third-order valence-corrected chi connectivity index (χ3v) is 7.39. The summed E-state index contributed by atoms with van der Waals surface area (Å²) in [6.07, 6.45) is 7.46. The highest BCUT2D eigenvalue weighted by atomic mass is 32.2. The summed E-state index contributed by atoms with van der Waals surface area (Å²) in [5.74, 6) is 0.526. The smallest absolute Gasteiger partial charge is 0.233 e. The van der Waals surface area contributed by atoms with Gasteiger partial charge >= 0.3 is 0 Å². The van der Waals surface area contributed by atoms with Gasteiger partial charge in [0, 0.05) is 31.2 Å². The second kappa shape index (κ2) is 8.07. The molecule has 0 aliphatic heterocycles. The van der Waals surface area contributed by atoms with Gasteiger partial charge in [-0.05, 0) is 56.0 Å². The molecular formula is C24H23N3O3S. The lowest BCUT2D eigenvalue weighted by Gasteiger charge is -2.13. The molecule has 31 heavy (non-hydrogen) atoms. The maximum Gasteiger partial charge on any atom is 0.233 e. The van der Waals surface area contributed by atoms with Gasteiger partial charge in [-0.15, -0.1) is 0 Å². The molecule has 158 valence electrons. The number of aryl methyl sites for hydroxylation is 4. The van der Waals surface area contributed by atoms with Crippen LogP contribution in [0.5, 0.6) is 0 Å². The van der Waals surface area contributed by atoms with Crippen molar-refractivity contribution < 1.29 is 13.2 Å². The van der Waals surface area contributed by atoms with E-state index in [0.717, 1.165) is 22.3 Å². The molecule has 0 amide bonds. The first-order valence-corrected chi connectivity index (χ1v) is 11.5. The van der Waals surface area contributed by atoms with Gasteiger partial charge in [-0.3, -0.25) is 9.20 Å². The lowest BCUT2D eigenvalue weighted by atomic mass is 10.0. The highest BCUT2D eigenvalue weighted by molar-refractivity contribution is 7.91. The Balaban J connectivity index is 1.50. The van der Waals surface area contributed by atoms with Crippen molar-refractivity contribution in [1.82, 2.24) is 14.4 Å². The number of sulfone groups is 1. The van der Waals surface area contributed by atoms with Crippen LogP contribution in [-0.4, -0.2) is 28.6 Å². The van der Waals surface area contributed by atoms with Crippen molar-refractivity contribution in [3.8, 4) is 0 Å². The monoisotopic (exact) mass is 433 g/mol. The minimum atomic E-state index is -3.61. The first-order valence-electron chi connectivity index (χ1n) is 9.99. The maximum atomic E-state index is 13.2. The van der Waals surface area contributed by atoms with Crippen LogP contribution in [0.25, 0.3) is 5.78 Å². The van der Waals surface area contributed by atoms with Crippen molar-refractivity contribution in [1.29, 1.82) is 0 Å². The Labute approximate surface area is 181 Å². The number of carbonyl (C=O) groups excluding carboxylic acids is 1. The Morgan fingerprint density at radius 2 is 1.68 bits per heavy atom. The molecule has 2 heterocycles. The van der Waals surface area contributed by atoms with Crippen molar-refractivity contribution in [3.05, 3.63) is 89.0 Å². The zero-order valence-electron chi connectivity index (χ0n) is 17.7. The lowest BCUT2D eigenvalue weighted by Crippen LogP contribution is -2.07. The van der Waals surface area contributed by atoms with Crippen LogP contribution in [0.2, 0.25) is 0 Å². The number of aromatic nitrogens is 3. The average molecular weight is 434 g/mol. The minimum Gasteiger partial charge on any atom is -0.294 e. The number of Topliss-reactive ketones (excluding diaryl/α,β-unsaturated/α-hetero) is 1. The summed E-state index contributed by atoms with van der Waals surface area (Å²) in [4.78, 5) is 21.4. The molecule has 0 saturated heterocycles. The van der Waals surface area contributed by atoms with Gasteiger partial charge < -0.3 is 0 Å². The number of ketones is 1. The van der Waals surface area contributed by atoms with E-state index in [1.165, 1.54) is 6.20 Å². The molecule has 4 aromatic rings. The molecular weight excluding hydrogens is 410 g/mol. The standard InChI is InChI=1S/C24H23N3O3S/c1-16-12-17(2)23(18(3)13-16)31(29,30)21-7-4-19(5-8-21)6-9-22(28)20-14-26-24-25-10-11-27(24)15-20/h4-5,7-8,10-15H,6,9H2,1-3H3. The summed E-state index contributed by atoms with van der Waals surface area (Å²) in [5, 5.41) is 0. The molecule has 0 spiro atoms. The quantitative estimate of drug-likeness (QED) is 0.424. The Hall–Kier alpha value is -3.32. The Morgan fingerprint density at radius 3 is 2.35 bits per heavy atom. The topological polar surface area (TPSA) is 81.4 Å². The molecule has 2 aromatic heterocycles. The van der Waals surface area contributed by atoms with Gasteiger partial charge in [0.1, 0.15) is 0 Å². The Kier molecular flexibility index (Phi) is 5.45. The van der Waals surface area contributed by atoms with Crippen LogP contribution in [-0.2, 0) is 16.3 Å². The maximum absolute atomic E-state index is 13.2. The van der Waals surface area contributed by atoms with E-state index in [4.69, 9.17) is 0 Å². The zero-order valence-corrected chi connectivity index (χ0v) is 18.5. The highest BCUT2D eigenvalue weighted by Crippen LogP contribution is 2.28. The number of hydrogen-bond acceptors (Lipinski definition) is 5. The van der Waals surface area contributed by atoms with Gasteiger partial charge in [0.15, 0.2) is 5.78 Å². The molecule has 0 unspecified atom stereocenters. The molecule has 0 saturated carbocycles. The number of nitrogens with zero attached hydrogens (tertiary/aromatic N) is 3. The van der Waals surface area contributed by atoms with E-state index in [1.807, 2.05) is 32.9 Å². The SMILES string of the molecule is Cc1cc(C)c(S(=O)(=O)c2ccc(CCC(=O)c3cnc4nccn4c3)cc2)c(C)c1. The van der Waals surface area contributed by atoms with Crippen LogP contribution in [0.3, 0.4) is 0 Å². The van der Waals surface area contributed by atoms with Crippen LogP contribution in [0.4, 0.5) is 0 Å². The molecule has 4 rings (SSSR count). The van der Waals surface area contributed by atoms with E-state index >= 15 is 0 Å². The highest BCUT2D eigenvalue weighted by Gasteiger charge is 2.22. The summed E-state index contributed by atoms with van der Waals surface area (Å²) in [6, 6.07) is 10.6. The van der Waals surface area contributed by atoms with Crippen molar-refractivity contribution in [2.75, 3.05) is 0 Å². The van der Waals surface area contributed by atoms with Gasteiger partial charge in [-0.1, -0.05) is 29.8 Å². The van der Waals surface area contributed by atoms with Crippen LogP contribution in [0, 0.1) is 20.8 Å². The minimum absolute atomic E-state index is 0.0225. The molecule has 0 atom stereocenters. The van der Waals surface area contributed by atoms with Crippen LogP contribution in [0.15, 0.2) is 71.0 Å². The predicted octanol–water partition coefficient (Wildman–Crippen LogP) is 4.30. The molecule has 0 aliphatic carbocycles.